The molecule has 4 aliphatic heterocycles. The maximum atomic E-state index is 15.8. The average Bonchev–Trinajstić information content (AvgIpc) is 3.47. The van der Waals surface area contributed by atoms with E-state index in [2.05, 4.69) is 46.4 Å². The third kappa shape index (κ3) is 14.8. The number of aliphatic hydroxyl groups excluding tert-OH is 1. The lowest BCUT2D eigenvalue weighted by molar-refractivity contribution is -0.230. The van der Waals surface area contributed by atoms with Crippen LogP contribution in [0.3, 0.4) is 0 Å². The van der Waals surface area contributed by atoms with E-state index in [0.29, 0.717) is 62.5 Å². The molecule has 15 nitrogen and oxygen atoms in total. The fraction of sp³-hybridized carbons (Fsp3) is 0.509. The Morgan fingerprint density at radius 1 is 0.815 bits per heavy atom. The quantitative estimate of drug-likeness (QED) is 0.0301. The highest BCUT2D eigenvalue weighted by Crippen LogP contribution is 2.46. The molecule has 4 fully saturated rings. The Balaban J connectivity index is 1.15. The van der Waals surface area contributed by atoms with Crippen molar-refractivity contribution in [2.45, 2.75) is 102 Å². The Labute approximate surface area is 462 Å². The van der Waals surface area contributed by atoms with E-state index in [0.717, 1.165) is 83.2 Å². The number of carbonyl (C=O) groups excluding carboxylic acids is 4. The Morgan fingerprint density at radius 2 is 1.44 bits per heavy atom. The molecule has 2 aromatic carbocycles. The Bertz CT molecular complexity index is 2910. The van der Waals surface area contributed by atoms with Crippen molar-refractivity contribution in [2.24, 2.45) is 22.7 Å². The molecule has 0 spiro atoms. The first-order valence-corrected chi connectivity index (χ1v) is 26.1. The molecule has 24 heteroatoms. The van der Waals surface area contributed by atoms with Crippen molar-refractivity contribution < 1.29 is 78.0 Å². The zero-order valence-electron chi connectivity index (χ0n) is 45.4. The van der Waals surface area contributed by atoms with Crippen LogP contribution in [0.1, 0.15) is 69.2 Å². The number of benzene rings is 2. The predicted molar refractivity (Wildman–Crippen MR) is 277 cm³/mol. The number of hydrogen-bond donors (Lipinski definition) is 3. The van der Waals surface area contributed by atoms with Crippen LogP contribution in [0.15, 0.2) is 73.1 Å². The number of Topliss-reactive ketones (excluding diaryl/α,β-unsaturated/α-hetero) is 1. The fourth-order valence-corrected chi connectivity index (χ4v) is 10.3. The lowest BCUT2D eigenvalue weighted by Gasteiger charge is -2.60. The number of nitrogens with one attached hydrogen (secondary N) is 2. The topological polar surface area (TPSA) is 176 Å². The Morgan fingerprint density at radius 3 is 2.00 bits per heavy atom. The zero-order valence-corrected chi connectivity index (χ0v) is 45.4. The molecule has 0 radical (unpaired) electrons. The van der Waals surface area contributed by atoms with Crippen molar-refractivity contribution in [2.75, 3.05) is 65.2 Å². The lowest BCUT2D eigenvalue weighted by atomic mass is 9.75. The number of anilines is 1. The summed E-state index contributed by atoms with van der Waals surface area (Å²) in [6.07, 6.45) is -12.0. The molecule has 2 bridgehead atoms. The standard InChI is InChI=1S/C57H64F9N7O8/c1-54(2,56(61,62)63)43(25-50(76)79-5)52(77)69-32-71(18-16-42-44(59)20-36(21-45(42)60)46-23-38(58)15-17-67-46)29-48(75)37(22-47(74)51(70-53(78)80-6)55(3,4)57(64,65)66)19-34-10-7-33(8-11-34)9-12-35-13-14-49(68-26-35)72-27-39-24-40(28-72)73(39)41-30-81-31-41/h7-8,10-11,13-15,17,20-21,23,26,37,39-41,43,48,51,75H,16,18-19,22,24-25,27-32H2,1-6H3,(H,69,77)(H,70,78)/t37-,39?,40?,43-,48+,51-/m1/s1. The number of aliphatic hydroxyl groups is 1. The van der Waals surface area contributed by atoms with E-state index in [1.54, 1.807) is 30.5 Å². The fourth-order valence-electron chi connectivity index (χ4n) is 10.3. The SMILES string of the molecule is COC(=O)C[C@H](C(=O)NCN(CCc1c(F)cc(-c2cc(F)ccn2)cc1F)C[C@H](O)[C@@H](CC(=O)[C@@H](NC(=O)OC)C(C)(C)C(F)(F)F)Cc1ccc(C#Cc2ccc(N3CC4CC(C3)N4C3COC3)nc2)cc1)C(C)(C)C(F)(F)F. The number of alkyl carbamates (subject to hydrolysis) is 1. The van der Waals surface area contributed by atoms with Crippen LogP contribution in [0.5, 0.6) is 0 Å². The number of piperidine rings is 1. The van der Waals surface area contributed by atoms with Crippen molar-refractivity contribution >= 4 is 29.6 Å². The normalized spacial score (nSPS) is 18.3. The van der Waals surface area contributed by atoms with Gasteiger partial charge in [0.15, 0.2) is 5.78 Å². The number of methoxy groups -OCH3 is 2. The molecule has 4 aromatic rings. The third-order valence-corrected chi connectivity index (χ3v) is 15.7. The number of alkyl halides is 6. The first-order chi connectivity index (χ1) is 38.1. The number of aromatic nitrogens is 2. The molecule has 2 aromatic heterocycles. The maximum absolute atomic E-state index is 15.8. The van der Waals surface area contributed by atoms with Crippen molar-refractivity contribution in [3.8, 4) is 23.1 Å². The van der Waals surface area contributed by atoms with Crippen LogP contribution >= 0.6 is 0 Å². The number of nitrogens with zero attached hydrogens (tertiary/aromatic N) is 5. The largest absolute Gasteiger partial charge is 0.469 e. The average molecular weight is 1150 g/mol. The highest BCUT2D eigenvalue weighted by atomic mass is 19.4. The lowest BCUT2D eigenvalue weighted by Crippen LogP contribution is -2.74. The van der Waals surface area contributed by atoms with Crippen molar-refractivity contribution in [3.63, 3.8) is 0 Å². The van der Waals surface area contributed by atoms with Crippen LogP contribution in [-0.2, 0) is 41.4 Å². The minimum atomic E-state index is -5.07. The summed E-state index contributed by atoms with van der Waals surface area (Å²) >= 11 is 0. The molecule has 438 valence electrons. The van der Waals surface area contributed by atoms with E-state index < -0.39 is 133 Å². The molecule has 4 saturated heterocycles. The molecule has 2 amide bonds. The van der Waals surface area contributed by atoms with Crippen LogP contribution < -0.4 is 15.5 Å². The molecular formula is C57H64F9N7O8. The Hall–Kier alpha value is -6.81. The first-order valence-electron chi connectivity index (χ1n) is 26.1. The van der Waals surface area contributed by atoms with Gasteiger partial charge in [0.05, 0.1) is 75.1 Å². The highest BCUT2D eigenvalue weighted by Gasteiger charge is 2.57. The van der Waals surface area contributed by atoms with Crippen LogP contribution in [0.4, 0.5) is 50.1 Å². The molecule has 0 saturated carbocycles. The van der Waals surface area contributed by atoms with Gasteiger partial charge in [-0.15, -0.1) is 0 Å². The van der Waals surface area contributed by atoms with Crippen molar-refractivity contribution in [1.82, 2.24) is 30.4 Å². The van der Waals surface area contributed by atoms with E-state index in [1.807, 2.05) is 17.4 Å². The summed E-state index contributed by atoms with van der Waals surface area (Å²) in [6.45, 7) is 4.18. The van der Waals surface area contributed by atoms with Gasteiger partial charge in [-0.2, -0.15) is 26.3 Å². The molecule has 8 rings (SSSR count). The van der Waals surface area contributed by atoms with Gasteiger partial charge in [-0.3, -0.25) is 29.2 Å². The summed E-state index contributed by atoms with van der Waals surface area (Å²) in [5, 5.41) is 16.5. The molecule has 6 atom stereocenters. The van der Waals surface area contributed by atoms with Gasteiger partial charge in [-0.1, -0.05) is 37.8 Å². The van der Waals surface area contributed by atoms with E-state index in [4.69, 9.17) is 4.74 Å². The van der Waals surface area contributed by atoms with E-state index in [9.17, 15) is 55.0 Å². The number of rotatable bonds is 22. The Kier molecular flexibility index (Phi) is 19.5. The minimum Gasteiger partial charge on any atom is -0.469 e. The van der Waals surface area contributed by atoms with Gasteiger partial charge >= 0.3 is 24.4 Å². The summed E-state index contributed by atoms with van der Waals surface area (Å²) in [7, 11) is 1.79. The van der Waals surface area contributed by atoms with Crippen LogP contribution in [0.25, 0.3) is 11.3 Å². The number of amides is 2. The summed E-state index contributed by atoms with van der Waals surface area (Å²) in [6, 6.07) is 13.1. The summed E-state index contributed by atoms with van der Waals surface area (Å²) in [5.74, 6) is -3.05. The van der Waals surface area contributed by atoms with E-state index in [-0.39, 0.29) is 17.7 Å². The third-order valence-electron chi connectivity index (χ3n) is 15.7. The molecule has 6 heterocycles. The van der Waals surface area contributed by atoms with Crippen molar-refractivity contribution in [3.05, 3.63) is 113 Å². The maximum Gasteiger partial charge on any atom is 0.407 e. The number of esters is 1. The van der Waals surface area contributed by atoms with E-state index in [1.165, 1.54) is 4.90 Å². The number of hydrogen-bond acceptors (Lipinski definition) is 13. The number of ketones is 1. The zero-order chi connectivity index (χ0) is 59.2. The highest BCUT2D eigenvalue weighted by molar-refractivity contribution is 5.88. The van der Waals surface area contributed by atoms with Gasteiger partial charge in [0.25, 0.3) is 0 Å². The second kappa shape index (κ2) is 25.5. The smallest absolute Gasteiger partial charge is 0.407 e. The number of carbonyl (C=O) groups is 4. The van der Waals surface area contributed by atoms with Crippen molar-refractivity contribution in [1.29, 1.82) is 0 Å². The van der Waals surface area contributed by atoms with Gasteiger partial charge in [-0.05, 0) is 87.1 Å². The number of fused-ring (bicyclic) bond motifs is 2. The number of piperazine rings is 1. The summed E-state index contributed by atoms with van der Waals surface area (Å²) in [4.78, 5) is 67.4. The monoisotopic (exact) mass is 1150 g/mol. The predicted octanol–water partition coefficient (Wildman–Crippen LogP) is 7.80. The van der Waals surface area contributed by atoms with E-state index >= 15 is 8.78 Å². The van der Waals surface area contributed by atoms with Gasteiger partial charge in [0, 0.05) is 85.4 Å². The van der Waals surface area contributed by atoms with Gasteiger partial charge in [0.1, 0.15) is 29.3 Å². The molecule has 3 N–H and O–H groups in total. The molecule has 81 heavy (non-hydrogen) atoms. The summed E-state index contributed by atoms with van der Waals surface area (Å²) in [5.41, 5.74) is -4.90. The van der Waals surface area contributed by atoms with Gasteiger partial charge in [0.2, 0.25) is 5.91 Å². The minimum absolute atomic E-state index is 0.101. The second-order valence-corrected chi connectivity index (χ2v) is 21.8. The second-order valence-electron chi connectivity index (χ2n) is 21.8. The molecule has 4 aliphatic rings. The van der Waals surface area contributed by atoms with Crippen LogP contribution in [0.2, 0.25) is 0 Å². The molecule has 2 unspecified atom stereocenters. The molecule has 0 aliphatic carbocycles. The number of pyridine rings is 2. The van der Waals surface area contributed by atoms with Crippen LogP contribution in [0, 0.1) is 52.0 Å². The molecular weight excluding hydrogens is 1080 g/mol. The number of ether oxygens (including phenoxy) is 3. The van der Waals surface area contributed by atoms with Gasteiger partial charge < -0.3 is 34.9 Å². The summed E-state index contributed by atoms with van der Waals surface area (Å²) < 4.78 is 147. The first kappa shape index (κ1) is 61.8. The van der Waals surface area contributed by atoms with Gasteiger partial charge in [-0.25, -0.2) is 22.9 Å². The number of halogens is 9. The van der Waals surface area contributed by atoms with Crippen LogP contribution in [-0.4, -0.2) is 152 Å².